The van der Waals surface area contributed by atoms with Gasteiger partial charge in [-0.25, -0.2) is 0 Å². The van der Waals surface area contributed by atoms with Crippen molar-refractivity contribution < 1.29 is 23.0 Å². The highest BCUT2D eigenvalue weighted by Crippen LogP contribution is 2.66. The van der Waals surface area contributed by atoms with Gasteiger partial charge >= 0.3 is 8.60 Å². The maximum Gasteiger partial charge on any atom is 0.335 e. The van der Waals surface area contributed by atoms with E-state index in [0.717, 1.165) is 47.9 Å². The summed E-state index contributed by atoms with van der Waals surface area (Å²) in [6, 6.07) is 57.1. The van der Waals surface area contributed by atoms with Crippen molar-refractivity contribution in [1.82, 2.24) is 0 Å². The van der Waals surface area contributed by atoms with Crippen LogP contribution in [0, 0.1) is 0 Å². The minimum absolute atomic E-state index is 0.124. The van der Waals surface area contributed by atoms with Gasteiger partial charge in [-0.15, -0.1) is 0 Å². The lowest BCUT2D eigenvalue weighted by atomic mass is 9.72. The summed E-state index contributed by atoms with van der Waals surface area (Å²) in [6.07, 6.45) is 2.76. The lowest BCUT2D eigenvalue weighted by molar-refractivity contribution is -0.177. The van der Waals surface area contributed by atoms with Gasteiger partial charge in [0.05, 0.1) is 6.10 Å². The van der Waals surface area contributed by atoms with Crippen LogP contribution < -0.4 is 0 Å². The van der Waals surface area contributed by atoms with Crippen LogP contribution in [-0.4, -0.2) is 24.1 Å². The fourth-order valence-electron chi connectivity index (χ4n) is 8.85. The van der Waals surface area contributed by atoms with Gasteiger partial charge in [-0.1, -0.05) is 177 Å². The molecule has 0 N–H and O–H groups in total. The Labute approximate surface area is 313 Å². The second-order valence-electron chi connectivity index (χ2n) is 15.0. The van der Waals surface area contributed by atoms with Gasteiger partial charge in [-0.2, -0.15) is 0 Å². The monoisotopic (exact) mass is 720 g/mol. The molecule has 268 valence electrons. The SMILES string of the molecule is CC1(C)O[C@H]2[C@H](O1)C(c1ccccc1)(c1ccccc1)OP(O[C@@H]1CCCC[C@H]1c1ccc3ccccc3c1)OC2(c1ccccc1)c1ccccc1. The molecule has 2 saturated heterocycles. The largest absolute Gasteiger partial charge is 0.341 e. The van der Waals surface area contributed by atoms with Gasteiger partial charge in [0.2, 0.25) is 0 Å². The van der Waals surface area contributed by atoms with Crippen LogP contribution in [0.1, 0.15) is 73.3 Å². The maximum absolute atomic E-state index is 7.65. The molecule has 6 heteroatoms. The van der Waals surface area contributed by atoms with Gasteiger partial charge < -0.3 is 14.0 Å². The molecule has 2 heterocycles. The van der Waals surface area contributed by atoms with Crippen LogP contribution in [0.2, 0.25) is 0 Å². The standard InChI is InChI=1S/C47H45O5P/c1-45(2)48-43-44(49-45)47(39-25-11-5-12-26-39,40-27-13-6-14-28-40)52-53(51-46(43,37-21-7-3-8-22-37)38-23-9-4-10-24-38)50-42-30-18-17-29-41(42)36-32-31-34-19-15-16-20-35(34)33-36/h3-16,19-28,31-33,41-44H,17-18,29-30H2,1-2H3/t41-,42+,43-,44-/m0/s1. The smallest absolute Gasteiger partial charge is 0.335 e. The van der Waals surface area contributed by atoms with E-state index in [2.05, 4.69) is 140 Å². The predicted octanol–water partition coefficient (Wildman–Crippen LogP) is 11.6. The summed E-state index contributed by atoms with van der Waals surface area (Å²) in [5, 5.41) is 2.48. The quantitative estimate of drug-likeness (QED) is 0.154. The van der Waals surface area contributed by atoms with Crippen LogP contribution >= 0.6 is 8.60 Å². The molecule has 0 aromatic heterocycles. The molecule has 0 bridgehead atoms. The van der Waals surface area contributed by atoms with E-state index >= 15 is 0 Å². The highest BCUT2D eigenvalue weighted by molar-refractivity contribution is 7.41. The molecule has 5 nitrogen and oxygen atoms in total. The third-order valence-electron chi connectivity index (χ3n) is 11.3. The number of rotatable bonds is 7. The molecule has 3 fully saturated rings. The summed E-state index contributed by atoms with van der Waals surface area (Å²) >= 11 is 0. The third kappa shape index (κ3) is 6.24. The molecular weight excluding hydrogens is 675 g/mol. The maximum atomic E-state index is 7.65. The summed E-state index contributed by atoms with van der Waals surface area (Å²) in [6.45, 7) is 3.97. The van der Waals surface area contributed by atoms with Crippen LogP contribution in [0.15, 0.2) is 164 Å². The number of hydrogen-bond donors (Lipinski definition) is 0. The van der Waals surface area contributed by atoms with E-state index < -0.39 is 37.8 Å². The molecule has 6 aromatic carbocycles. The summed E-state index contributed by atoms with van der Waals surface area (Å²) in [5.74, 6) is -0.764. The Morgan fingerprint density at radius 1 is 0.509 bits per heavy atom. The number of hydrogen-bond acceptors (Lipinski definition) is 5. The Hall–Kier alpha value is -4.19. The van der Waals surface area contributed by atoms with Crippen LogP contribution in [0.5, 0.6) is 0 Å². The molecule has 0 radical (unpaired) electrons. The van der Waals surface area contributed by atoms with Crippen LogP contribution in [0.25, 0.3) is 10.8 Å². The molecule has 0 amide bonds. The van der Waals surface area contributed by atoms with E-state index in [9.17, 15) is 0 Å². The van der Waals surface area contributed by atoms with Gasteiger partial charge in [0.1, 0.15) is 12.2 Å². The molecule has 0 unspecified atom stereocenters. The normalized spacial score (nSPS) is 25.0. The lowest BCUT2D eigenvalue weighted by Gasteiger charge is -2.41. The van der Waals surface area contributed by atoms with E-state index in [1.54, 1.807) is 0 Å². The fourth-order valence-corrected chi connectivity index (χ4v) is 10.5. The summed E-state index contributed by atoms with van der Waals surface area (Å²) < 4.78 is 37.0. The first-order chi connectivity index (χ1) is 26.0. The van der Waals surface area contributed by atoms with Gasteiger partial charge in [0.25, 0.3) is 0 Å². The third-order valence-corrected chi connectivity index (χ3v) is 12.6. The van der Waals surface area contributed by atoms with Gasteiger partial charge in [0.15, 0.2) is 17.0 Å². The van der Waals surface area contributed by atoms with Crippen molar-refractivity contribution in [2.24, 2.45) is 0 Å². The molecule has 2 aliphatic heterocycles. The molecule has 53 heavy (non-hydrogen) atoms. The van der Waals surface area contributed by atoms with Crippen molar-refractivity contribution in [3.05, 3.63) is 192 Å². The van der Waals surface area contributed by atoms with E-state index in [4.69, 9.17) is 23.0 Å². The number of ether oxygens (including phenoxy) is 2. The zero-order chi connectivity index (χ0) is 35.9. The van der Waals surface area contributed by atoms with Crippen molar-refractivity contribution in [1.29, 1.82) is 0 Å². The van der Waals surface area contributed by atoms with Gasteiger partial charge in [-0.05, 0) is 65.3 Å². The Kier molecular flexibility index (Phi) is 9.28. The molecule has 1 saturated carbocycles. The number of fused-ring (bicyclic) bond motifs is 2. The highest BCUT2D eigenvalue weighted by atomic mass is 31.2. The van der Waals surface area contributed by atoms with E-state index in [1.807, 2.05) is 38.1 Å². The summed E-state index contributed by atoms with van der Waals surface area (Å²) in [4.78, 5) is 0. The molecule has 1 aliphatic carbocycles. The number of benzene rings is 6. The predicted molar refractivity (Wildman–Crippen MR) is 210 cm³/mol. The second kappa shape index (κ2) is 14.2. The topological polar surface area (TPSA) is 46.2 Å². The first-order valence-corrected chi connectivity index (χ1v) is 20.0. The minimum Gasteiger partial charge on any atom is -0.341 e. The molecule has 6 aromatic rings. The molecule has 4 atom stereocenters. The lowest BCUT2D eigenvalue weighted by Crippen LogP contribution is -2.53. The van der Waals surface area contributed by atoms with E-state index in [1.165, 1.54) is 16.3 Å². The first kappa shape index (κ1) is 34.6. The van der Waals surface area contributed by atoms with Crippen molar-refractivity contribution in [2.75, 3.05) is 0 Å². The first-order valence-electron chi connectivity index (χ1n) is 18.9. The highest BCUT2D eigenvalue weighted by Gasteiger charge is 2.67. The van der Waals surface area contributed by atoms with Crippen molar-refractivity contribution in [3.63, 3.8) is 0 Å². The Balaban J connectivity index is 1.26. The average Bonchev–Trinajstić information content (AvgIpc) is 3.50. The van der Waals surface area contributed by atoms with Crippen molar-refractivity contribution in [3.8, 4) is 0 Å². The van der Waals surface area contributed by atoms with Gasteiger partial charge in [-0.3, -0.25) is 9.05 Å². The molecular formula is C47H45O5P. The van der Waals surface area contributed by atoms with Crippen LogP contribution in [-0.2, 0) is 34.2 Å². The van der Waals surface area contributed by atoms with Crippen molar-refractivity contribution in [2.45, 2.75) is 80.7 Å². The Morgan fingerprint density at radius 3 is 1.43 bits per heavy atom. The molecule has 9 rings (SSSR count). The second-order valence-corrected chi connectivity index (χ2v) is 16.0. The zero-order valence-corrected chi connectivity index (χ0v) is 31.1. The molecule has 0 spiro atoms. The zero-order valence-electron chi connectivity index (χ0n) is 30.2. The van der Waals surface area contributed by atoms with Crippen molar-refractivity contribution >= 4 is 19.4 Å². The summed E-state index contributed by atoms with van der Waals surface area (Å²) in [5.41, 5.74) is 2.81. The van der Waals surface area contributed by atoms with Gasteiger partial charge in [0, 0.05) is 5.92 Å². The summed E-state index contributed by atoms with van der Waals surface area (Å²) in [7, 11) is -2.06. The minimum atomic E-state index is -2.06. The molecule has 3 aliphatic rings. The van der Waals surface area contributed by atoms with E-state index in [-0.39, 0.29) is 12.0 Å². The fraction of sp³-hybridized carbons (Fsp3) is 0.277. The Morgan fingerprint density at radius 2 is 0.943 bits per heavy atom. The Bertz CT molecular complexity index is 1960. The van der Waals surface area contributed by atoms with Crippen LogP contribution in [0.4, 0.5) is 0 Å². The average molecular weight is 721 g/mol. The van der Waals surface area contributed by atoms with E-state index in [0.29, 0.717) is 0 Å². The van der Waals surface area contributed by atoms with Crippen LogP contribution in [0.3, 0.4) is 0 Å².